The molecule has 0 unspecified atom stereocenters. The number of benzene rings is 1. The lowest BCUT2D eigenvalue weighted by Crippen LogP contribution is -2.36. The zero-order valence-corrected chi connectivity index (χ0v) is 13.1. The van der Waals surface area contributed by atoms with Crippen molar-refractivity contribution in [3.05, 3.63) is 24.3 Å². The number of hydrogen-bond donors (Lipinski definition) is 0. The van der Waals surface area contributed by atoms with Crippen LogP contribution in [0.25, 0.3) is 0 Å². The van der Waals surface area contributed by atoms with Crippen LogP contribution in [0, 0.1) is 5.41 Å². The van der Waals surface area contributed by atoms with Crippen LogP contribution in [0.5, 0.6) is 5.75 Å². The second-order valence-electron chi connectivity index (χ2n) is 4.71. The molecule has 1 aromatic rings. The SMILES string of the molecule is CSc1ccc(OCC2(CBr)CCOCC2)cc1. The summed E-state index contributed by atoms with van der Waals surface area (Å²) in [5.74, 6) is 0.958. The number of alkyl halides is 1. The molecule has 0 N–H and O–H groups in total. The van der Waals surface area contributed by atoms with E-state index in [2.05, 4.69) is 34.3 Å². The van der Waals surface area contributed by atoms with Crippen LogP contribution in [0.2, 0.25) is 0 Å². The third kappa shape index (κ3) is 3.65. The van der Waals surface area contributed by atoms with Crippen LogP contribution in [0.1, 0.15) is 12.8 Å². The lowest BCUT2D eigenvalue weighted by molar-refractivity contribution is 0.00354. The van der Waals surface area contributed by atoms with Gasteiger partial charge < -0.3 is 9.47 Å². The molecule has 1 aliphatic heterocycles. The fourth-order valence-corrected chi connectivity index (χ4v) is 3.16. The molecule has 18 heavy (non-hydrogen) atoms. The number of ether oxygens (including phenoxy) is 2. The third-order valence-corrected chi connectivity index (χ3v) is 5.37. The topological polar surface area (TPSA) is 18.5 Å². The summed E-state index contributed by atoms with van der Waals surface area (Å²) in [5, 5.41) is 0.978. The minimum Gasteiger partial charge on any atom is -0.493 e. The van der Waals surface area contributed by atoms with Crippen LogP contribution in [-0.2, 0) is 4.74 Å². The fourth-order valence-electron chi connectivity index (χ4n) is 2.03. The van der Waals surface area contributed by atoms with Gasteiger partial charge in [-0.25, -0.2) is 0 Å². The van der Waals surface area contributed by atoms with Crippen molar-refractivity contribution in [2.24, 2.45) is 5.41 Å². The second-order valence-corrected chi connectivity index (χ2v) is 6.15. The van der Waals surface area contributed by atoms with Gasteiger partial charge in [-0.1, -0.05) is 15.9 Å². The maximum Gasteiger partial charge on any atom is 0.119 e. The molecule has 1 heterocycles. The summed E-state index contributed by atoms with van der Waals surface area (Å²) in [6.07, 6.45) is 4.22. The molecule has 0 radical (unpaired) electrons. The Bertz CT molecular complexity index is 361. The normalized spacial score (nSPS) is 18.6. The molecule has 0 aromatic heterocycles. The standard InChI is InChI=1S/C14H19BrO2S/c1-18-13-4-2-12(3-5-13)17-11-14(10-15)6-8-16-9-7-14/h2-5H,6-11H2,1H3. The van der Waals surface area contributed by atoms with E-state index in [9.17, 15) is 0 Å². The zero-order chi connectivity index (χ0) is 12.8. The summed E-state index contributed by atoms with van der Waals surface area (Å²) >= 11 is 5.37. The van der Waals surface area contributed by atoms with Crippen molar-refractivity contribution in [3.8, 4) is 5.75 Å². The Morgan fingerprint density at radius 2 is 1.94 bits per heavy atom. The summed E-state index contributed by atoms with van der Waals surface area (Å²) in [6.45, 7) is 2.46. The molecule has 0 spiro atoms. The van der Waals surface area contributed by atoms with Crippen molar-refractivity contribution in [1.29, 1.82) is 0 Å². The van der Waals surface area contributed by atoms with Gasteiger partial charge in [0.15, 0.2) is 0 Å². The Kier molecular flexibility index (Phi) is 5.39. The van der Waals surface area contributed by atoms with E-state index >= 15 is 0 Å². The molecule has 1 saturated heterocycles. The summed E-state index contributed by atoms with van der Waals surface area (Å²) < 4.78 is 11.4. The van der Waals surface area contributed by atoms with E-state index in [-0.39, 0.29) is 5.41 Å². The lowest BCUT2D eigenvalue weighted by atomic mass is 9.83. The monoisotopic (exact) mass is 330 g/mol. The first-order valence-electron chi connectivity index (χ1n) is 6.19. The fraction of sp³-hybridized carbons (Fsp3) is 0.571. The van der Waals surface area contributed by atoms with Crippen molar-refractivity contribution >= 4 is 27.7 Å². The molecule has 1 fully saturated rings. The zero-order valence-electron chi connectivity index (χ0n) is 10.7. The van der Waals surface area contributed by atoms with E-state index in [0.29, 0.717) is 0 Å². The number of thioether (sulfide) groups is 1. The highest BCUT2D eigenvalue weighted by Gasteiger charge is 2.32. The van der Waals surface area contributed by atoms with Crippen molar-refractivity contribution < 1.29 is 9.47 Å². The Balaban J connectivity index is 1.92. The van der Waals surface area contributed by atoms with E-state index in [1.165, 1.54) is 4.90 Å². The molecule has 2 nitrogen and oxygen atoms in total. The van der Waals surface area contributed by atoms with Gasteiger partial charge in [-0.2, -0.15) is 0 Å². The summed E-state index contributed by atoms with van der Waals surface area (Å²) in [6, 6.07) is 8.30. The Morgan fingerprint density at radius 1 is 1.28 bits per heavy atom. The van der Waals surface area contributed by atoms with Crippen molar-refractivity contribution in [2.45, 2.75) is 17.7 Å². The second kappa shape index (κ2) is 6.83. The van der Waals surface area contributed by atoms with E-state index < -0.39 is 0 Å². The largest absolute Gasteiger partial charge is 0.493 e. The Hall–Kier alpha value is -0.190. The number of halogens is 1. The van der Waals surface area contributed by atoms with Crippen molar-refractivity contribution in [3.63, 3.8) is 0 Å². The van der Waals surface area contributed by atoms with Gasteiger partial charge in [-0.3, -0.25) is 0 Å². The maximum atomic E-state index is 5.94. The molecule has 0 amide bonds. The minimum absolute atomic E-state index is 0.233. The summed E-state index contributed by atoms with van der Waals surface area (Å²) in [5.41, 5.74) is 0.233. The molecule has 100 valence electrons. The quantitative estimate of drug-likeness (QED) is 0.601. The molecular formula is C14H19BrO2S. The maximum absolute atomic E-state index is 5.94. The molecule has 1 aliphatic rings. The van der Waals surface area contributed by atoms with E-state index in [4.69, 9.17) is 9.47 Å². The predicted molar refractivity (Wildman–Crippen MR) is 80.0 cm³/mol. The van der Waals surface area contributed by atoms with Crippen molar-refractivity contribution in [2.75, 3.05) is 31.4 Å². The smallest absolute Gasteiger partial charge is 0.119 e. The first-order chi connectivity index (χ1) is 8.78. The highest BCUT2D eigenvalue weighted by atomic mass is 79.9. The first-order valence-corrected chi connectivity index (χ1v) is 8.53. The number of hydrogen-bond acceptors (Lipinski definition) is 3. The van der Waals surface area contributed by atoms with Gasteiger partial charge in [0.25, 0.3) is 0 Å². The van der Waals surface area contributed by atoms with Gasteiger partial charge >= 0.3 is 0 Å². The summed E-state index contributed by atoms with van der Waals surface area (Å²) in [4.78, 5) is 1.27. The average Bonchev–Trinajstić information content (AvgIpc) is 2.47. The van der Waals surface area contributed by atoms with E-state index in [1.54, 1.807) is 11.8 Å². The molecule has 1 aromatic carbocycles. The predicted octanol–water partition coefficient (Wildman–Crippen LogP) is 3.98. The van der Waals surface area contributed by atoms with Crippen LogP contribution < -0.4 is 4.74 Å². The van der Waals surface area contributed by atoms with Crippen LogP contribution in [0.4, 0.5) is 0 Å². The summed E-state index contributed by atoms with van der Waals surface area (Å²) in [7, 11) is 0. The first kappa shape index (κ1) is 14.2. The molecule has 0 atom stereocenters. The number of rotatable bonds is 5. The molecular weight excluding hydrogens is 312 g/mol. The average molecular weight is 331 g/mol. The van der Waals surface area contributed by atoms with Gasteiger partial charge in [-0.15, -0.1) is 11.8 Å². The molecule has 4 heteroatoms. The van der Waals surface area contributed by atoms with Crippen LogP contribution in [-0.4, -0.2) is 31.4 Å². The molecule has 0 saturated carbocycles. The highest BCUT2D eigenvalue weighted by Crippen LogP contribution is 2.33. The van der Waals surface area contributed by atoms with Gasteiger partial charge in [0, 0.05) is 28.9 Å². The third-order valence-electron chi connectivity index (χ3n) is 3.44. The molecule has 0 aliphatic carbocycles. The van der Waals surface area contributed by atoms with Crippen LogP contribution in [0.15, 0.2) is 29.2 Å². The molecule has 2 rings (SSSR count). The van der Waals surface area contributed by atoms with Gasteiger partial charge in [0.1, 0.15) is 5.75 Å². The van der Waals surface area contributed by atoms with Gasteiger partial charge in [-0.05, 0) is 43.4 Å². The lowest BCUT2D eigenvalue weighted by Gasteiger charge is -2.35. The Labute approximate surface area is 122 Å². The van der Waals surface area contributed by atoms with E-state index in [0.717, 1.165) is 43.7 Å². The van der Waals surface area contributed by atoms with Gasteiger partial charge in [0.2, 0.25) is 0 Å². The molecule has 0 bridgehead atoms. The highest BCUT2D eigenvalue weighted by molar-refractivity contribution is 9.09. The van der Waals surface area contributed by atoms with Crippen LogP contribution in [0.3, 0.4) is 0 Å². The minimum atomic E-state index is 0.233. The van der Waals surface area contributed by atoms with Crippen LogP contribution >= 0.6 is 27.7 Å². The Morgan fingerprint density at radius 3 is 2.50 bits per heavy atom. The van der Waals surface area contributed by atoms with Crippen molar-refractivity contribution in [1.82, 2.24) is 0 Å². The van der Waals surface area contributed by atoms with E-state index in [1.807, 2.05) is 12.1 Å². The van der Waals surface area contributed by atoms with Gasteiger partial charge in [0.05, 0.1) is 6.61 Å².